The first-order valence-corrected chi connectivity index (χ1v) is 7.00. The summed E-state index contributed by atoms with van der Waals surface area (Å²) in [7, 11) is 0. The zero-order valence-corrected chi connectivity index (χ0v) is 12.4. The van der Waals surface area contributed by atoms with E-state index in [-0.39, 0.29) is 0 Å². The highest BCUT2D eigenvalue weighted by Gasteiger charge is 2.20. The van der Waals surface area contributed by atoms with Gasteiger partial charge in [-0.3, -0.25) is 0 Å². The lowest BCUT2D eigenvalue weighted by molar-refractivity contribution is 0.0746. The Morgan fingerprint density at radius 1 is 1.35 bits per heavy atom. The molecule has 0 saturated carbocycles. The second kappa shape index (κ2) is 4.52. The van der Waals surface area contributed by atoms with E-state index in [0.29, 0.717) is 0 Å². The van der Waals surface area contributed by atoms with Crippen LogP contribution in [0.1, 0.15) is 25.1 Å². The summed E-state index contributed by atoms with van der Waals surface area (Å²) >= 11 is 5.03. The molecular formula is C13H14BrNOS. The molecule has 0 spiro atoms. The predicted octanol–water partition coefficient (Wildman–Crippen LogP) is 4.11. The minimum absolute atomic E-state index is 0.719. The van der Waals surface area contributed by atoms with Gasteiger partial charge >= 0.3 is 0 Å². The lowest BCUT2D eigenvalue weighted by atomic mass is 10.1. The molecule has 0 aliphatic heterocycles. The topological polar surface area (TPSA) is 33.1 Å². The molecule has 4 heteroatoms. The van der Waals surface area contributed by atoms with Crippen molar-refractivity contribution in [3.63, 3.8) is 0 Å². The molecule has 1 aromatic carbocycles. The van der Waals surface area contributed by atoms with Gasteiger partial charge in [0.2, 0.25) is 0 Å². The van der Waals surface area contributed by atoms with E-state index < -0.39 is 5.60 Å². The van der Waals surface area contributed by atoms with Gasteiger partial charge in [0.15, 0.2) is 0 Å². The standard InChI is InChI=1S/C13H14BrNOS/c1-8-4-5-9(14)6-10(8)12-15-11(7-17-12)13(2,3)16/h4-7,16H,1-3H3. The molecule has 0 aliphatic carbocycles. The van der Waals surface area contributed by atoms with Crippen LogP contribution in [0, 0.1) is 6.92 Å². The normalized spacial score (nSPS) is 11.8. The van der Waals surface area contributed by atoms with E-state index in [4.69, 9.17) is 0 Å². The van der Waals surface area contributed by atoms with Crippen molar-refractivity contribution in [3.8, 4) is 10.6 Å². The summed E-state index contributed by atoms with van der Waals surface area (Å²) in [6, 6.07) is 6.14. The van der Waals surface area contributed by atoms with Gasteiger partial charge < -0.3 is 5.11 Å². The second-order valence-electron chi connectivity index (χ2n) is 4.56. The predicted molar refractivity (Wildman–Crippen MR) is 75.2 cm³/mol. The summed E-state index contributed by atoms with van der Waals surface area (Å²) < 4.78 is 1.04. The van der Waals surface area contributed by atoms with E-state index >= 15 is 0 Å². The quantitative estimate of drug-likeness (QED) is 0.905. The number of rotatable bonds is 2. The Labute approximate surface area is 113 Å². The molecule has 90 valence electrons. The monoisotopic (exact) mass is 311 g/mol. The number of aromatic nitrogens is 1. The van der Waals surface area contributed by atoms with Gasteiger partial charge in [-0.05, 0) is 38.5 Å². The number of thiazole rings is 1. The first-order valence-electron chi connectivity index (χ1n) is 5.33. The van der Waals surface area contributed by atoms with Crippen LogP contribution in [0.5, 0.6) is 0 Å². The van der Waals surface area contributed by atoms with E-state index in [9.17, 15) is 5.11 Å². The van der Waals surface area contributed by atoms with E-state index in [1.807, 2.05) is 11.4 Å². The van der Waals surface area contributed by atoms with Crippen molar-refractivity contribution in [3.05, 3.63) is 39.3 Å². The molecule has 0 unspecified atom stereocenters. The number of hydrogen-bond acceptors (Lipinski definition) is 3. The zero-order valence-electron chi connectivity index (χ0n) is 9.99. The number of nitrogens with zero attached hydrogens (tertiary/aromatic N) is 1. The Balaban J connectivity index is 2.47. The van der Waals surface area contributed by atoms with Crippen molar-refractivity contribution in [2.45, 2.75) is 26.4 Å². The fraction of sp³-hybridized carbons (Fsp3) is 0.308. The summed E-state index contributed by atoms with van der Waals surface area (Å²) in [5.41, 5.74) is 2.14. The lowest BCUT2D eigenvalue weighted by Crippen LogP contribution is -2.15. The largest absolute Gasteiger partial charge is 0.384 e. The highest BCUT2D eigenvalue weighted by molar-refractivity contribution is 9.10. The number of benzene rings is 1. The molecule has 17 heavy (non-hydrogen) atoms. The minimum atomic E-state index is -0.880. The zero-order chi connectivity index (χ0) is 12.6. The third-order valence-electron chi connectivity index (χ3n) is 2.56. The first kappa shape index (κ1) is 12.7. The van der Waals surface area contributed by atoms with Crippen molar-refractivity contribution in [1.29, 1.82) is 0 Å². The Morgan fingerprint density at radius 2 is 2.06 bits per heavy atom. The van der Waals surface area contributed by atoms with Crippen LogP contribution in [-0.2, 0) is 5.60 Å². The molecule has 0 aliphatic rings. The Morgan fingerprint density at radius 3 is 2.65 bits per heavy atom. The summed E-state index contributed by atoms with van der Waals surface area (Å²) in [5.74, 6) is 0. The molecule has 1 heterocycles. The summed E-state index contributed by atoms with van der Waals surface area (Å²) in [6.07, 6.45) is 0. The molecule has 1 N–H and O–H groups in total. The Kier molecular flexibility index (Phi) is 3.39. The van der Waals surface area contributed by atoms with E-state index in [2.05, 4.69) is 40.0 Å². The maximum Gasteiger partial charge on any atom is 0.124 e. The average molecular weight is 312 g/mol. The van der Waals surface area contributed by atoms with Gasteiger partial charge in [0.05, 0.1) is 5.69 Å². The van der Waals surface area contributed by atoms with Gasteiger partial charge in [0.25, 0.3) is 0 Å². The van der Waals surface area contributed by atoms with Gasteiger partial charge in [-0.2, -0.15) is 0 Å². The molecule has 2 rings (SSSR count). The van der Waals surface area contributed by atoms with Crippen molar-refractivity contribution >= 4 is 27.3 Å². The molecular weight excluding hydrogens is 298 g/mol. The van der Waals surface area contributed by atoms with Crippen LogP contribution in [0.25, 0.3) is 10.6 Å². The number of hydrogen-bond donors (Lipinski definition) is 1. The second-order valence-corrected chi connectivity index (χ2v) is 6.33. The van der Waals surface area contributed by atoms with Crippen LogP contribution in [-0.4, -0.2) is 10.1 Å². The molecule has 0 bridgehead atoms. The summed E-state index contributed by atoms with van der Waals surface area (Å²) in [5, 5.41) is 12.8. The molecule has 0 radical (unpaired) electrons. The van der Waals surface area contributed by atoms with Gasteiger partial charge in [-0.15, -0.1) is 11.3 Å². The SMILES string of the molecule is Cc1ccc(Br)cc1-c1nc(C(C)(C)O)cs1. The minimum Gasteiger partial charge on any atom is -0.384 e. The van der Waals surface area contributed by atoms with E-state index in [0.717, 1.165) is 20.7 Å². The first-order chi connectivity index (χ1) is 7.88. The molecule has 0 fully saturated rings. The highest BCUT2D eigenvalue weighted by atomic mass is 79.9. The maximum atomic E-state index is 9.91. The fourth-order valence-corrected chi connectivity index (χ4v) is 2.93. The van der Waals surface area contributed by atoms with Crippen LogP contribution >= 0.6 is 27.3 Å². The number of halogens is 1. The van der Waals surface area contributed by atoms with Crippen LogP contribution in [0.15, 0.2) is 28.1 Å². The van der Waals surface area contributed by atoms with Crippen LogP contribution < -0.4 is 0 Å². The Bertz CT molecular complexity index is 543. The average Bonchev–Trinajstić information content (AvgIpc) is 2.70. The highest BCUT2D eigenvalue weighted by Crippen LogP contribution is 2.32. The van der Waals surface area contributed by atoms with Crippen LogP contribution in [0.2, 0.25) is 0 Å². The third kappa shape index (κ3) is 2.76. The molecule has 2 nitrogen and oxygen atoms in total. The van der Waals surface area contributed by atoms with Crippen molar-refractivity contribution < 1.29 is 5.11 Å². The fourth-order valence-electron chi connectivity index (χ4n) is 1.50. The molecule has 0 atom stereocenters. The Hall–Kier alpha value is -0.710. The van der Waals surface area contributed by atoms with Crippen molar-refractivity contribution in [1.82, 2.24) is 4.98 Å². The molecule has 1 aromatic heterocycles. The lowest BCUT2D eigenvalue weighted by Gasteiger charge is -2.13. The van der Waals surface area contributed by atoms with E-state index in [1.54, 1.807) is 25.2 Å². The van der Waals surface area contributed by atoms with Gasteiger partial charge in [0.1, 0.15) is 10.6 Å². The van der Waals surface area contributed by atoms with Gasteiger partial charge in [0, 0.05) is 15.4 Å². The summed E-state index contributed by atoms with van der Waals surface area (Å²) in [4.78, 5) is 4.50. The van der Waals surface area contributed by atoms with Gasteiger partial charge in [-0.25, -0.2) is 4.98 Å². The third-order valence-corrected chi connectivity index (χ3v) is 3.93. The molecule has 2 aromatic rings. The molecule has 0 saturated heterocycles. The van der Waals surface area contributed by atoms with Crippen molar-refractivity contribution in [2.75, 3.05) is 0 Å². The van der Waals surface area contributed by atoms with Crippen molar-refractivity contribution in [2.24, 2.45) is 0 Å². The summed E-state index contributed by atoms with van der Waals surface area (Å²) in [6.45, 7) is 5.56. The maximum absolute atomic E-state index is 9.91. The smallest absolute Gasteiger partial charge is 0.124 e. The van der Waals surface area contributed by atoms with Gasteiger partial charge in [-0.1, -0.05) is 22.0 Å². The molecule has 0 amide bonds. The number of aliphatic hydroxyl groups is 1. The van der Waals surface area contributed by atoms with Crippen LogP contribution in [0.3, 0.4) is 0 Å². The number of aryl methyl sites for hydroxylation is 1. The van der Waals surface area contributed by atoms with E-state index in [1.165, 1.54) is 5.56 Å². The van der Waals surface area contributed by atoms with Crippen LogP contribution in [0.4, 0.5) is 0 Å².